The number of carboxylic acid groups (broad SMARTS) is 1. The molecule has 1 N–H and O–H groups in total. The quantitative estimate of drug-likeness (QED) is 0.578. The maximum absolute atomic E-state index is 12.2. The standard InChI is InChI=1S/C17H16O4S2/c1-21-16-7-4-12(9-13(16)10-22-11-17(19)20)15(18)6-5-14-3-2-8-23-14/h2-9H,10-11H2,1H3,(H,19,20). The Balaban J connectivity index is 2.12. The van der Waals surface area contributed by atoms with E-state index in [0.29, 0.717) is 17.1 Å². The fourth-order valence-corrected chi connectivity index (χ4v) is 3.27. The zero-order valence-corrected chi connectivity index (χ0v) is 14.2. The van der Waals surface area contributed by atoms with Crippen molar-refractivity contribution in [1.82, 2.24) is 0 Å². The predicted octanol–water partition coefficient (Wildman–Crippen LogP) is 3.97. The second-order valence-electron chi connectivity index (χ2n) is 4.63. The third-order valence-electron chi connectivity index (χ3n) is 2.99. The summed E-state index contributed by atoms with van der Waals surface area (Å²) >= 11 is 2.83. The van der Waals surface area contributed by atoms with Crippen LogP contribution in [0.2, 0.25) is 0 Å². The zero-order chi connectivity index (χ0) is 16.7. The summed E-state index contributed by atoms with van der Waals surface area (Å²) in [5.74, 6) is 0.192. The second-order valence-corrected chi connectivity index (χ2v) is 6.59. The van der Waals surface area contributed by atoms with Crippen molar-refractivity contribution < 1.29 is 19.4 Å². The van der Waals surface area contributed by atoms with Gasteiger partial charge in [0, 0.05) is 21.8 Å². The first kappa shape index (κ1) is 17.3. The number of aliphatic carboxylic acids is 1. The summed E-state index contributed by atoms with van der Waals surface area (Å²) < 4.78 is 5.27. The SMILES string of the molecule is COc1ccc(C(=O)C=Cc2cccs2)cc1CSCC(=O)O. The van der Waals surface area contributed by atoms with Crippen molar-refractivity contribution in [1.29, 1.82) is 0 Å². The number of allylic oxidation sites excluding steroid dienone is 1. The number of thiophene rings is 1. The number of hydrogen-bond acceptors (Lipinski definition) is 5. The van der Waals surface area contributed by atoms with Gasteiger partial charge >= 0.3 is 5.97 Å². The third kappa shape index (κ3) is 5.26. The lowest BCUT2D eigenvalue weighted by Gasteiger charge is -2.09. The van der Waals surface area contributed by atoms with Gasteiger partial charge in [0.2, 0.25) is 0 Å². The fourth-order valence-electron chi connectivity index (χ4n) is 1.93. The molecular weight excluding hydrogens is 332 g/mol. The Bertz CT molecular complexity index is 705. The molecule has 23 heavy (non-hydrogen) atoms. The Kier molecular flexibility index (Phi) is 6.43. The minimum atomic E-state index is -0.861. The molecule has 0 aliphatic carbocycles. The van der Waals surface area contributed by atoms with Gasteiger partial charge in [0.25, 0.3) is 0 Å². The van der Waals surface area contributed by atoms with E-state index in [1.54, 1.807) is 48.8 Å². The van der Waals surface area contributed by atoms with Crippen molar-refractivity contribution in [3.8, 4) is 5.75 Å². The number of carbonyl (C=O) groups is 2. The molecule has 6 heteroatoms. The topological polar surface area (TPSA) is 63.6 Å². The van der Waals surface area contributed by atoms with E-state index in [0.717, 1.165) is 10.4 Å². The maximum atomic E-state index is 12.2. The van der Waals surface area contributed by atoms with Crippen molar-refractivity contribution in [2.45, 2.75) is 5.75 Å². The Hall–Kier alpha value is -2.05. The van der Waals surface area contributed by atoms with E-state index in [4.69, 9.17) is 9.84 Å². The lowest BCUT2D eigenvalue weighted by Crippen LogP contribution is -2.01. The normalized spacial score (nSPS) is 10.8. The van der Waals surface area contributed by atoms with Crippen molar-refractivity contribution in [3.63, 3.8) is 0 Å². The highest BCUT2D eigenvalue weighted by Gasteiger charge is 2.09. The number of ether oxygens (including phenoxy) is 1. The van der Waals surface area contributed by atoms with Crippen LogP contribution in [0.25, 0.3) is 6.08 Å². The molecule has 0 bridgehead atoms. The molecule has 0 atom stereocenters. The van der Waals surface area contributed by atoms with Crippen LogP contribution in [0.1, 0.15) is 20.8 Å². The molecule has 120 valence electrons. The van der Waals surface area contributed by atoms with Gasteiger partial charge in [-0.15, -0.1) is 23.1 Å². The summed E-state index contributed by atoms with van der Waals surface area (Å²) in [6, 6.07) is 9.08. The average molecular weight is 348 g/mol. The number of methoxy groups -OCH3 is 1. The number of benzene rings is 1. The molecule has 0 fully saturated rings. The summed E-state index contributed by atoms with van der Waals surface area (Å²) in [5.41, 5.74) is 1.37. The Morgan fingerprint density at radius 3 is 2.83 bits per heavy atom. The molecule has 0 spiro atoms. The van der Waals surface area contributed by atoms with Gasteiger partial charge in [0.15, 0.2) is 5.78 Å². The van der Waals surface area contributed by atoms with Crippen LogP contribution in [0.15, 0.2) is 41.8 Å². The number of hydrogen-bond donors (Lipinski definition) is 1. The second kappa shape index (κ2) is 8.55. The molecule has 2 aromatic rings. The molecule has 0 saturated carbocycles. The first-order chi connectivity index (χ1) is 11.1. The monoisotopic (exact) mass is 348 g/mol. The summed E-state index contributed by atoms with van der Waals surface area (Å²) in [4.78, 5) is 23.9. The Morgan fingerprint density at radius 1 is 1.35 bits per heavy atom. The van der Waals surface area contributed by atoms with Crippen LogP contribution >= 0.6 is 23.1 Å². The number of rotatable bonds is 8. The largest absolute Gasteiger partial charge is 0.496 e. The summed E-state index contributed by atoms with van der Waals surface area (Å²) in [5, 5.41) is 10.7. The smallest absolute Gasteiger partial charge is 0.313 e. The highest BCUT2D eigenvalue weighted by Crippen LogP contribution is 2.25. The van der Waals surface area contributed by atoms with E-state index >= 15 is 0 Å². The lowest BCUT2D eigenvalue weighted by molar-refractivity contribution is -0.133. The Labute approximate surface area is 142 Å². The van der Waals surface area contributed by atoms with Gasteiger partial charge in [-0.1, -0.05) is 6.07 Å². The molecule has 4 nitrogen and oxygen atoms in total. The van der Waals surface area contributed by atoms with Crippen molar-refractivity contribution in [3.05, 3.63) is 57.8 Å². The van der Waals surface area contributed by atoms with Gasteiger partial charge < -0.3 is 9.84 Å². The van der Waals surface area contributed by atoms with E-state index in [-0.39, 0.29) is 11.5 Å². The number of carbonyl (C=O) groups excluding carboxylic acids is 1. The van der Waals surface area contributed by atoms with Gasteiger partial charge in [-0.05, 0) is 41.8 Å². The van der Waals surface area contributed by atoms with Crippen molar-refractivity contribution in [2.75, 3.05) is 12.9 Å². The molecule has 0 amide bonds. The molecule has 1 heterocycles. The molecule has 0 saturated heterocycles. The fraction of sp³-hybridized carbons (Fsp3) is 0.176. The van der Waals surface area contributed by atoms with Crippen LogP contribution in [0.4, 0.5) is 0 Å². The molecule has 1 aromatic carbocycles. The van der Waals surface area contributed by atoms with E-state index < -0.39 is 5.97 Å². The third-order valence-corrected chi connectivity index (χ3v) is 4.79. The molecule has 1 aromatic heterocycles. The maximum Gasteiger partial charge on any atom is 0.313 e. The van der Waals surface area contributed by atoms with E-state index in [1.807, 2.05) is 17.5 Å². The van der Waals surface area contributed by atoms with E-state index in [2.05, 4.69) is 0 Å². The van der Waals surface area contributed by atoms with Gasteiger partial charge in [-0.3, -0.25) is 9.59 Å². The highest BCUT2D eigenvalue weighted by molar-refractivity contribution is 7.99. The molecular formula is C17H16O4S2. The number of ketones is 1. The highest BCUT2D eigenvalue weighted by atomic mass is 32.2. The summed E-state index contributed by atoms with van der Waals surface area (Å²) in [6.07, 6.45) is 3.33. The van der Waals surface area contributed by atoms with Crippen LogP contribution in [0.5, 0.6) is 5.75 Å². The van der Waals surface area contributed by atoms with Crippen LogP contribution < -0.4 is 4.74 Å². The van der Waals surface area contributed by atoms with Crippen LogP contribution in [-0.4, -0.2) is 29.7 Å². The van der Waals surface area contributed by atoms with Crippen molar-refractivity contribution >= 4 is 40.9 Å². The summed E-state index contributed by atoms with van der Waals surface area (Å²) in [7, 11) is 1.55. The molecule has 0 aliphatic heterocycles. The van der Waals surface area contributed by atoms with Crippen LogP contribution in [0.3, 0.4) is 0 Å². The number of thioether (sulfide) groups is 1. The van der Waals surface area contributed by atoms with Crippen LogP contribution in [-0.2, 0) is 10.5 Å². The van der Waals surface area contributed by atoms with Crippen LogP contribution in [0, 0.1) is 0 Å². The molecule has 0 aliphatic rings. The summed E-state index contributed by atoms with van der Waals surface area (Å²) in [6.45, 7) is 0. The first-order valence-corrected chi connectivity index (χ1v) is 8.86. The average Bonchev–Trinajstić information content (AvgIpc) is 3.05. The van der Waals surface area contributed by atoms with Crippen molar-refractivity contribution in [2.24, 2.45) is 0 Å². The van der Waals surface area contributed by atoms with Gasteiger partial charge in [-0.2, -0.15) is 0 Å². The minimum absolute atomic E-state index is 0.0135. The molecule has 2 rings (SSSR count). The number of carboxylic acids is 1. The Morgan fingerprint density at radius 2 is 2.17 bits per heavy atom. The molecule has 0 unspecified atom stereocenters. The van der Waals surface area contributed by atoms with Gasteiger partial charge in [0.1, 0.15) is 5.75 Å². The van der Waals surface area contributed by atoms with E-state index in [1.165, 1.54) is 11.8 Å². The van der Waals surface area contributed by atoms with Gasteiger partial charge in [0.05, 0.1) is 12.9 Å². The lowest BCUT2D eigenvalue weighted by atomic mass is 10.1. The first-order valence-electron chi connectivity index (χ1n) is 6.82. The predicted molar refractivity (Wildman–Crippen MR) is 94.5 cm³/mol. The molecule has 0 radical (unpaired) electrons. The van der Waals surface area contributed by atoms with E-state index in [9.17, 15) is 9.59 Å². The zero-order valence-electron chi connectivity index (χ0n) is 12.5. The minimum Gasteiger partial charge on any atom is -0.496 e. The van der Waals surface area contributed by atoms with Gasteiger partial charge in [-0.25, -0.2) is 0 Å².